The molecule has 1 saturated heterocycles. The minimum Gasteiger partial charge on any atom is -0.456 e. The van der Waals surface area contributed by atoms with Crippen LogP contribution in [0.2, 0.25) is 0 Å². The molecule has 1 N–H and O–H groups in total. The largest absolute Gasteiger partial charge is 0.456 e. The van der Waals surface area contributed by atoms with Gasteiger partial charge in [0.1, 0.15) is 19.0 Å². The van der Waals surface area contributed by atoms with Crippen LogP contribution in [0, 0.1) is 0 Å². The molecule has 0 bridgehead atoms. The Hall–Kier alpha value is -2.96. The normalized spacial score (nSPS) is 20.2. The molecule has 0 saturated carbocycles. The van der Waals surface area contributed by atoms with Crippen LogP contribution in [0.3, 0.4) is 0 Å². The molecule has 172 valence electrons. The third kappa shape index (κ3) is 5.44. The van der Waals surface area contributed by atoms with Crippen molar-refractivity contribution in [3.05, 3.63) is 35.7 Å². The quantitative estimate of drug-likeness (QED) is 0.611. The van der Waals surface area contributed by atoms with E-state index in [-0.39, 0.29) is 5.97 Å². The third-order valence-electron chi connectivity index (χ3n) is 5.68. The summed E-state index contributed by atoms with van der Waals surface area (Å²) in [4.78, 5) is 24.7. The van der Waals surface area contributed by atoms with Gasteiger partial charge in [-0.3, -0.25) is 9.88 Å². The average Bonchev–Trinajstić information content (AvgIpc) is 3.44. The Balaban J connectivity index is 1.31. The Labute approximate surface area is 185 Å². The van der Waals surface area contributed by atoms with E-state index < -0.39 is 6.10 Å². The number of esters is 1. The summed E-state index contributed by atoms with van der Waals surface area (Å²) in [6, 6.07) is 0. The fraction of sp³-hybridized carbons (Fsp3) is 0.600. The van der Waals surface area contributed by atoms with Gasteiger partial charge in [-0.25, -0.2) is 9.78 Å². The maximum Gasteiger partial charge on any atom is 0.335 e. The summed E-state index contributed by atoms with van der Waals surface area (Å²) in [5.41, 5.74) is 2.15. The first kappa shape index (κ1) is 22.2. The molecule has 0 spiro atoms. The van der Waals surface area contributed by atoms with E-state index in [4.69, 9.17) is 9.47 Å². The molecule has 4 heterocycles. The number of β-amino-alcohol motifs (C(OH)–C–C–N with tert-alkyl or cyclic N) is 1. The molecule has 4 rings (SSSR count). The van der Waals surface area contributed by atoms with Crippen LogP contribution in [-0.2, 0) is 14.3 Å². The highest BCUT2D eigenvalue weighted by Gasteiger charge is 2.25. The molecule has 1 fully saturated rings. The molecule has 0 aliphatic carbocycles. The topological polar surface area (TPSA) is 132 Å². The van der Waals surface area contributed by atoms with Crippen molar-refractivity contribution in [3.8, 4) is 5.82 Å². The van der Waals surface area contributed by atoms with Gasteiger partial charge >= 0.3 is 5.97 Å². The summed E-state index contributed by atoms with van der Waals surface area (Å²) in [6.07, 6.45) is 5.69. The molecule has 0 radical (unpaired) electrons. The predicted molar refractivity (Wildman–Crippen MR) is 111 cm³/mol. The van der Waals surface area contributed by atoms with Crippen LogP contribution in [0.25, 0.3) is 5.82 Å². The maximum atomic E-state index is 11.7. The zero-order valence-electron chi connectivity index (χ0n) is 18.1. The zero-order valence-corrected chi connectivity index (χ0v) is 18.1. The van der Waals surface area contributed by atoms with Crippen molar-refractivity contribution in [3.63, 3.8) is 0 Å². The number of ether oxygens (including phenoxy) is 2. The van der Waals surface area contributed by atoms with E-state index in [1.807, 2.05) is 6.92 Å². The van der Waals surface area contributed by atoms with Gasteiger partial charge in [0.15, 0.2) is 5.82 Å². The van der Waals surface area contributed by atoms with Crippen molar-refractivity contribution in [2.75, 3.05) is 52.5 Å². The lowest BCUT2D eigenvalue weighted by Crippen LogP contribution is -2.33. The molecule has 2 aliphatic heterocycles. The number of aromatic nitrogens is 6. The minimum atomic E-state index is -0.762. The SMILES string of the molecule is CC1=C(N2CCCCN(CC(O)c3cnc(-n4cnnn4)cn3)CCOCC2)COC1=O. The zero-order chi connectivity index (χ0) is 22.3. The smallest absolute Gasteiger partial charge is 0.335 e. The van der Waals surface area contributed by atoms with Crippen LogP contribution in [0.5, 0.6) is 0 Å². The van der Waals surface area contributed by atoms with E-state index in [9.17, 15) is 9.90 Å². The maximum absolute atomic E-state index is 11.7. The van der Waals surface area contributed by atoms with Crippen LogP contribution < -0.4 is 0 Å². The first-order valence-electron chi connectivity index (χ1n) is 10.8. The van der Waals surface area contributed by atoms with Crippen molar-refractivity contribution in [2.45, 2.75) is 25.9 Å². The second-order valence-electron chi connectivity index (χ2n) is 7.82. The molecule has 1 unspecified atom stereocenters. The minimum absolute atomic E-state index is 0.232. The molecule has 32 heavy (non-hydrogen) atoms. The van der Waals surface area contributed by atoms with Crippen molar-refractivity contribution >= 4 is 5.97 Å². The van der Waals surface area contributed by atoms with Gasteiger partial charge in [0.05, 0.1) is 42.6 Å². The Morgan fingerprint density at radius 3 is 2.69 bits per heavy atom. The number of tetrazole rings is 1. The molecule has 1 atom stereocenters. The monoisotopic (exact) mass is 444 g/mol. The molecule has 12 heteroatoms. The summed E-state index contributed by atoms with van der Waals surface area (Å²) in [6.45, 7) is 6.87. The van der Waals surface area contributed by atoms with Crippen molar-refractivity contribution in [1.82, 2.24) is 40.0 Å². The van der Waals surface area contributed by atoms with Gasteiger partial charge in [0.25, 0.3) is 0 Å². The summed E-state index contributed by atoms with van der Waals surface area (Å²) in [5.74, 6) is 0.253. The van der Waals surface area contributed by atoms with Gasteiger partial charge in [0, 0.05) is 26.2 Å². The molecular formula is C20H28N8O4. The molecule has 0 aromatic carbocycles. The van der Waals surface area contributed by atoms with Crippen LogP contribution in [0.1, 0.15) is 31.6 Å². The first-order chi connectivity index (χ1) is 15.6. The number of hydrogen-bond acceptors (Lipinski definition) is 11. The second kappa shape index (κ2) is 10.6. The fourth-order valence-corrected chi connectivity index (χ4v) is 3.81. The molecule has 0 amide bonds. The highest BCUT2D eigenvalue weighted by Crippen LogP contribution is 2.20. The molecule has 2 aromatic heterocycles. The van der Waals surface area contributed by atoms with Gasteiger partial charge in [-0.1, -0.05) is 0 Å². The van der Waals surface area contributed by atoms with Crippen molar-refractivity contribution < 1.29 is 19.4 Å². The molecule has 12 nitrogen and oxygen atoms in total. The average molecular weight is 444 g/mol. The lowest BCUT2D eigenvalue weighted by atomic mass is 10.2. The Kier molecular flexibility index (Phi) is 7.35. The third-order valence-corrected chi connectivity index (χ3v) is 5.68. The highest BCUT2D eigenvalue weighted by molar-refractivity contribution is 5.90. The summed E-state index contributed by atoms with van der Waals surface area (Å²) in [7, 11) is 0. The van der Waals surface area contributed by atoms with Gasteiger partial charge in [0.2, 0.25) is 0 Å². The molecule has 2 aromatic rings. The second-order valence-corrected chi connectivity index (χ2v) is 7.82. The standard InChI is InChI=1S/C20H28N8O4/c1-15-17(13-32-20(15)30)27-5-3-2-4-26(6-8-31-9-7-27)12-18(29)16-10-22-19(11-21-16)28-14-23-24-25-28/h10-11,14,18,29H,2-9,12-13H2,1H3. The van der Waals surface area contributed by atoms with E-state index in [1.165, 1.54) is 17.2 Å². The number of hydrogen-bond donors (Lipinski definition) is 1. The number of aliphatic hydroxyl groups is 1. The van der Waals surface area contributed by atoms with E-state index in [1.54, 1.807) is 6.20 Å². The summed E-state index contributed by atoms with van der Waals surface area (Å²) in [5, 5.41) is 21.6. The number of cyclic esters (lactones) is 1. The van der Waals surface area contributed by atoms with Gasteiger partial charge in [-0.2, -0.15) is 4.68 Å². The van der Waals surface area contributed by atoms with Gasteiger partial charge in [-0.15, -0.1) is 5.10 Å². The fourth-order valence-electron chi connectivity index (χ4n) is 3.81. The van der Waals surface area contributed by atoms with Crippen LogP contribution in [-0.4, -0.2) is 104 Å². The van der Waals surface area contributed by atoms with E-state index >= 15 is 0 Å². The number of aliphatic hydroxyl groups excluding tert-OH is 1. The molecular weight excluding hydrogens is 416 g/mol. The van der Waals surface area contributed by atoms with Crippen molar-refractivity contribution in [2.24, 2.45) is 0 Å². The van der Waals surface area contributed by atoms with Gasteiger partial charge < -0.3 is 19.5 Å². The molecule has 2 aliphatic rings. The number of carbonyl (C=O) groups is 1. The van der Waals surface area contributed by atoms with Crippen LogP contribution >= 0.6 is 0 Å². The Bertz CT molecular complexity index is 918. The van der Waals surface area contributed by atoms with Crippen molar-refractivity contribution in [1.29, 1.82) is 0 Å². The van der Waals surface area contributed by atoms with Gasteiger partial charge in [-0.05, 0) is 36.7 Å². The van der Waals surface area contributed by atoms with E-state index in [0.29, 0.717) is 43.5 Å². The Morgan fingerprint density at radius 2 is 1.97 bits per heavy atom. The predicted octanol–water partition coefficient (Wildman–Crippen LogP) is -0.269. The lowest BCUT2D eigenvalue weighted by molar-refractivity contribution is -0.136. The van der Waals surface area contributed by atoms with E-state index in [2.05, 4.69) is 35.3 Å². The van der Waals surface area contributed by atoms with Crippen LogP contribution in [0.4, 0.5) is 0 Å². The Morgan fingerprint density at radius 1 is 1.12 bits per heavy atom. The summed E-state index contributed by atoms with van der Waals surface area (Å²) < 4.78 is 12.4. The van der Waals surface area contributed by atoms with Crippen LogP contribution in [0.15, 0.2) is 30.0 Å². The number of nitrogens with zero attached hydrogens (tertiary/aromatic N) is 8. The van der Waals surface area contributed by atoms with E-state index in [0.717, 1.165) is 44.7 Å². The highest BCUT2D eigenvalue weighted by atomic mass is 16.5. The number of carbonyl (C=O) groups excluding carboxylic acids is 1. The lowest BCUT2D eigenvalue weighted by Gasteiger charge is -2.25. The number of rotatable bonds is 5. The summed E-state index contributed by atoms with van der Waals surface area (Å²) >= 11 is 0. The first-order valence-corrected chi connectivity index (χ1v) is 10.8.